The molecule has 0 unspecified atom stereocenters. The van der Waals surface area contributed by atoms with Crippen LogP contribution in [0.2, 0.25) is 0 Å². The van der Waals surface area contributed by atoms with Crippen LogP contribution in [0.1, 0.15) is 56.9 Å². The van der Waals surface area contributed by atoms with E-state index in [9.17, 15) is 0 Å². The van der Waals surface area contributed by atoms with Crippen molar-refractivity contribution in [2.45, 2.75) is 58.4 Å². The van der Waals surface area contributed by atoms with E-state index in [1.807, 2.05) is 13.1 Å². The molecule has 1 aromatic heterocycles. The Bertz CT molecular complexity index is 516. The molecule has 0 radical (unpaired) electrons. The van der Waals surface area contributed by atoms with Crippen LogP contribution in [-0.2, 0) is 13.0 Å². The first-order valence-corrected chi connectivity index (χ1v) is 8.65. The quantitative estimate of drug-likeness (QED) is 0.689. The number of guanidine groups is 1. The predicted molar refractivity (Wildman–Crippen MR) is 87.8 cm³/mol. The van der Waals surface area contributed by atoms with E-state index in [2.05, 4.69) is 27.3 Å². The van der Waals surface area contributed by atoms with E-state index >= 15 is 0 Å². The van der Waals surface area contributed by atoms with Crippen LogP contribution >= 0.6 is 0 Å². The maximum absolute atomic E-state index is 5.34. The Morgan fingerprint density at radius 3 is 2.86 bits per heavy atom. The first kappa shape index (κ1) is 15.4. The molecule has 122 valence electrons. The number of nitrogens with zero attached hydrogens (tertiary/aromatic N) is 3. The molecule has 1 spiro atoms. The van der Waals surface area contributed by atoms with Crippen molar-refractivity contribution in [3.05, 3.63) is 17.5 Å². The van der Waals surface area contributed by atoms with Gasteiger partial charge in [0.2, 0.25) is 0 Å². The smallest absolute Gasteiger partial charge is 0.194 e. The van der Waals surface area contributed by atoms with Gasteiger partial charge in [0.25, 0.3) is 0 Å². The molecule has 1 N–H and O–H groups in total. The standard InChI is InChI=1S/C17H28N4O/c1-3-14-11-15(22-20-14)12-19-16(18-2)21-10-9-17(13-21)7-5-4-6-8-17/h11H,3-10,12-13H2,1-2H3,(H,18,19). The maximum atomic E-state index is 5.34. The topological polar surface area (TPSA) is 53.7 Å². The fourth-order valence-electron chi connectivity index (χ4n) is 3.93. The van der Waals surface area contributed by atoms with Crippen LogP contribution in [0, 0.1) is 5.41 Å². The number of aromatic nitrogens is 1. The third-order valence-electron chi connectivity index (χ3n) is 5.25. The summed E-state index contributed by atoms with van der Waals surface area (Å²) in [4.78, 5) is 6.88. The summed E-state index contributed by atoms with van der Waals surface area (Å²) in [7, 11) is 1.87. The van der Waals surface area contributed by atoms with Gasteiger partial charge < -0.3 is 14.7 Å². The molecule has 0 aromatic carbocycles. The molecule has 22 heavy (non-hydrogen) atoms. The van der Waals surface area contributed by atoms with Crippen LogP contribution in [0.15, 0.2) is 15.6 Å². The Hall–Kier alpha value is -1.52. The lowest BCUT2D eigenvalue weighted by atomic mass is 9.73. The number of aliphatic imine (C=N–C) groups is 1. The highest BCUT2D eigenvalue weighted by Gasteiger charge is 2.39. The first-order valence-electron chi connectivity index (χ1n) is 8.65. The van der Waals surface area contributed by atoms with E-state index in [4.69, 9.17) is 4.52 Å². The van der Waals surface area contributed by atoms with E-state index in [0.29, 0.717) is 12.0 Å². The van der Waals surface area contributed by atoms with E-state index in [1.54, 1.807) is 0 Å². The lowest BCUT2D eigenvalue weighted by Gasteiger charge is -2.33. The largest absolute Gasteiger partial charge is 0.359 e. The van der Waals surface area contributed by atoms with Gasteiger partial charge in [-0.2, -0.15) is 0 Å². The van der Waals surface area contributed by atoms with Crippen LogP contribution < -0.4 is 5.32 Å². The van der Waals surface area contributed by atoms with Crippen molar-refractivity contribution in [2.24, 2.45) is 10.4 Å². The monoisotopic (exact) mass is 304 g/mol. The summed E-state index contributed by atoms with van der Waals surface area (Å²) in [5.41, 5.74) is 1.56. The van der Waals surface area contributed by atoms with Crippen LogP contribution in [0.25, 0.3) is 0 Å². The molecule has 2 heterocycles. The molecule has 2 fully saturated rings. The highest BCUT2D eigenvalue weighted by Crippen LogP contribution is 2.43. The van der Waals surface area contributed by atoms with E-state index < -0.39 is 0 Å². The van der Waals surface area contributed by atoms with Gasteiger partial charge in [-0.15, -0.1) is 0 Å². The number of likely N-dealkylation sites (tertiary alicyclic amines) is 1. The van der Waals surface area contributed by atoms with Gasteiger partial charge in [-0.25, -0.2) is 0 Å². The van der Waals surface area contributed by atoms with Crippen molar-refractivity contribution in [1.29, 1.82) is 0 Å². The summed E-state index contributed by atoms with van der Waals surface area (Å²) < 4.78 is 5.34. The summed E-state index contributed by atoms with van der Waals surface area (Å²) in [6.45, 7) is 5.02. The molecule has 1 aliphatic heterocycles. The molecular weight excluding hydrogens is 276 g/mol. The molecule has 0 bridgehead atoms. The molecule has 1 aromatic rings. The van der Waals surface area contributed by atoms with Crippen molar-refractivity contribution < 1.29 is 4.52 Å². The molecule has 1 saturated heterocycles. The zero-order chi connectivity index (χ0) is 15.4. The molecule has 0 atom stereocenters. The van der Waals surface area contributed by atoms with Crippen molar-refractivity contribution in [2.75, 3.05) is 20.1 Å². The molecule has 1 aliphatic carbocycles. The minimum absolute atomic E-state index is 0.553. The van der Waals surface area contributed by atoms with E-state index in [1.165, 1.54) is 38.5 Å². The van der Waals surface area contributed by atoms with Crippen molar-refractivity contribution in [3.63, 3.8) is 0 Å². The summed E-state index contributed by atoms with van der Waals surface area (Å²) >= 11 is 0. The van der Waals surface area contributed by atoms with Crippen molar-refractivity contribution in [1.82, 2.24) is 15.4 Å². The second kappa shape index (κ2) is 6.71. The number of hydrogen-bond acceptors (Lipinski definition) is 3. The Kier molecular flexibility index (Phi) is 4.69. The minimum Gasteiger partial charge on any atom is -0.359 e. The molecule has 3 rings (SSSR count). The highest BCUT2D eigenvalue weighted by molar-refractivity contribution is 5.80. The van der Waals surface area contributed by atoms with Gasteiger partial charge >= 0.3 is 0 Å². The molecular formula is C17H28N4O. The summed E-state index contributed by atoms with van der Waals surface area (Å²) in [5, 5.41) is 7.47. The lowest BCUT2D eigenvalue weighted by molar-refractivity contribution is 0.203. The Balaban J connectivity index is 1.56. The molecule has 2 aliphatic rings. The molecule has 5 heteroatoms. The van der Waals surface area contributed by atoms with Crippen LogP contribution in [-0.4, -0.2) is 36.2 Å². The summed E-state index contributed by atoms with van der Waals surface area (Å²) in [6, 6.07) is 2.02. The number of aryl methyl sites for hydroxylation is 1. The second-order valence-corrected chi connectivity index (χ2v) is 6.77. The van der Waals surface area contributed by atoms with Crippen molar-refractivity contribution >= 4 is 5.96 Å². The Morgan fingerprint density at radius 2 is 2.18 bits per heavy atom. The number of nitrogens with one attached hydrogen (secondary N) is 1. The van der Waals surface area contributed by atoms with Crippen LogP contribution in [0.4, 0.5) is 0 Å². The van der Waals surface area contributed by atoms with Gasteiger partial charge in [-0.1, -0.05) is 31.3 Å². The SMILES string of the molecule is CCc1cc(CNC(=NC)N2CCC3(CCCCC3)C2)on1. The fourth-order valence-corrected chi connectivity index (χ4v) is 3.93. The van der Waals surface area contributed by atoms with Crippen LogP contribution in [0.5, 0.6) is 0 Å². The molecule has 1 saturated carbocycles. The predicted octanol–water partition coefficient (Wildman–Crippen LogP) is 2.97. The van der Waals surface area contributed by atoms with E-state index in [-0.39, 0.29) is 0 Å². The zero-order valence-electron chi connectivity index (χ0n) is 13.9. The minimum atomic E-state index is 0.553. The van der Waals surface area contributed by atoms with Gasteiger partial charge in [0, 0.05) is 26.2 Å². The van der Waals surface area contributed by atoms with Gasteiger partial charge in [0.15, 0.2) is 11.7 Å². The first-order chi connectivity index (χ1) is 10.7. The highest BCUT2D eigenvalue weighted by atomic mass is 16.5. The number of rotatable bonds is 3. The Labute approximate surface area is 133 Å². The maximum Gasteiger partial charge on any atom is 0.194 e. The average Bonchev–Trinajstić information content (AvgIpc) is 3.17. The number of hydrogen-bond donors (Lipinski definition) is 1. The normalized spacial score (nSPS) is 21.5. The third kappa shape index (κ3) is 3.28. The summed E-state index contributed by atoms with van der Waals surface area (Å²) in [5.74, 6) is 1.88. The average molecular weight is 304 g/mol. The zero-order valence-corrected chi connectivity index (χ0v) is 13.9. The lowest BCUT2D eigenvalue weighted by Crippen LogP contribution is -2.41. The summed E-state index contributed by atoms with van der Waals surface area (Å²) in [6.07, 6.45) is 9.23. The van der Waals surface area contributed by atoms with Gasteiger partial charge in [0.05, 0.1) is 12.2 Å². The van der Waals surface area contributed by atoms with E-state index in [0.717, 1.165) is 36.9 Å². The second-order valence-electron chi connectivity index (χ2n) is 6.77. The molecule has 5 nitrogen and oxygen atoms in total. The van der Waals surface area contributed by atoms with Crippen LogP contribution in [0.3, 0.4) is 0 Å². The Morgan fingerprint density at radius 1 is 1.36 bits per heavy atom. The van der Waals surface area contributed by atoms with Gasteiger partial charge in [-0.05, 0) is 31.1 Å². The van der Waals surface area contributed by atoms with Gasteiger partial charge in [0.1, 0.15) is 0 Å². The molecule has 0 amide bonds. The fraction of sp³-hybridized carbons (Fsp3) is 0.765. The third-order valence-corrected chi connectivity index (χ3v) is 5.25. The van der Waals surface area contributed by atoms with Gasteiger partial charge in [-0.3, -0.25) is 4.99 Å². The van der Waals surface area contributed by atoms with Crippen molar-refractivity contribution in [3.8, 4) is 0 Å².